The summed E-state index contributed by atoms with van der Waals surface area (Å²) in [5, 5.41) is 8.31. The molecule has 0 aliphatic carbocycles. The molecular weight excluding hydrogens is 345 g/mol. The third-order valence-electron chi connectivity index (χ3n) is 3.20. The van der Waals surface area contributed by atoms with Gasteiger partial charge >= 0.3 is 5.97 Å². The molecule has 25 heavy (non-hydrogen) atoms. The molecule has 2 rings (SSSR count). The maximum absolute atomic E-state index is 13.6. The summed E-state index contributed by atoms with van der Waals surface area (Å²) in [4.78, 5) is 11.8. The van der Waals surface area contributed by atoms with Crippen molar-refractivity contribution in [2.24, 2.45) is 0 Å². The normalized spacial score (nSPS) is 11.8. The summed E-state index contributed by atoms with van der Waals surface area (Å²) in [6, 6.07) is 6.15. The molecule has 2 aromatic rings. The Kier molecular flexibility index (Phi) is 7.00. The summed E-state index contributed by atoms with van der Waals surface area (Å²) in [5.41, 5.74) is 0. The Morgan fingerprint density at radius 1 is 1.44 bits per heavy atom. The molecule has 1 unspecified atom stereocenters. The van der Waals surface area contributed by atoms with Crippen molar-refractivity contribution < 1.29 is 18.7 Å². The summed E-state index contributed by atoms with van der Waals surface area (Å²) >= 11 is 1.24. The lowest BCUT2D eigenvalue weighted by Crippen LogP contribution is -2.18. The number of carbonyl (C=O) groups is 1. The van der Waals surface area contributed by atoms with E-state index in [9.17, 15) is 9.18 Å². The number of thioether (sulfide) groups is 1. The lowest BCUT2D eigenvalue weighted by Gasteiger charge is -2.12. The van der Waals surface area contributed by atoms with Crippen LogP contribution in [-0.4, -0.2) is 32.6 Å². The first-order chi connectivity index (χ1) is 12.1. The molecule has 0 radical (unpaired) electrons. The van der Waals surface area contributed by atoms with Gasteiger partial charge in [0.2, 0.25) is 0 Å². The van der Waals surface area contributed by atoms with Gasteiger partial charge in [-0.05, 0) is 26.0 Å². The molecule has 0 aliphatic heterocycles. The molecular formula is C17H20FN3O3S. The van der Waals surface area contributed by atoms with Crippen molar-refractivity contribution in [2.45, 2.75) is 37.4 Å². The molecule has 0 bridgehead atoms. The highest BCUT2D eigenvalue weighted by atomic mass is 32.2. The number of rotatable bonds is 9. The van der Waals surface area contributed by atoms with Crippen LogP contribution in [-0.2, 0) is 22.7 Å². The minimum Gasteiger partial charge on any atom is -0.483 e. The van der Waals surface area contributed by atoms with Crippen molar-refractivity contribution in [3.63, 3.8) is 0 Å². The lowest BCUT2D eigenvalue weighted by atomic mass is 10.3. The van der Waals surface area contributed by atoms with Gasteiger partial charge in [0, 0.05) is 6.54 Å². The van der Waals surface area contributed by atoms with E-state index in [-0.39, 0.29) is 18.3 Å². The molecule has 1 aromatic carbocycles. The van der Waals surface area contributed by atoms with Crippen molar-refractivity contribution in [3.05, 3.63) is 48.6 Å². The maximum atomic E-state index is 13.6. The summed E-state index contributed by atoms with van der Waals surface area (Å²) < 4.78 is 25.9. The monoisotopic (exact) mass is 365 g/mol. The van der Waals surface area contributed by atoms with Gasteiger partial charge in [-0.25, -0.2) is 4.39 Å². The number of nitrogens with zero attached hydrogens (tertiary/aromatic N) is 3. The van der Waals surface area contributed by atoms with Gasteiger partial charge in [-0.15, -0.1) is 16.8 Å². The summed E-state index contributed by atoms with van der Waals surface area (Å²) in [6.07, 6.45) is 1.69. The Bertz CT molecular complexity index is 736. The van der Waals surface area contributed by atoms with Gasteiger partial charge in [0.15, 0.2) is 22.5 Å². The van der Waals surface area contributed by atoms with E-state index in [1.165, 1.54) is 17.8 Å². The van der Waals surface area contributed by atoms with Crippen LogP contribution in [0.1, 0.15) is 19.7 Å². The summed E-state index contributed by atoms with van der Waals surface area (Å²) in [6.45, 7) is 8.04. The highest BCUT2D eigenvalue weighted by Crippen LogP contribution is 2.24. The number of allylic oxidation sites excluding steroid dienone is 1. The second-order valence-corrected chi connectivity index (χ2v) is 6.34. The van der Waals surface area contributed by atoms with Crippen LogP contribution >= 0.6 is 11.8 Å². The molecule has 0 fully saturated rings. The molecule has 134 valence electrons. The topological polar surface area (TPSA) is 66.2 Å². The second-order valence-electron chi connectivity index (χ2n) is 5.03. The average molecular weight is 365 g/mol. The van der Waals surface area contributed by atoms with E-state index in [1.807, 2.05) is 0 Å². The van der Waals surface area contributed by atoms with Crippen LogP contribution in [0.15, 0.2) is 42.1 Å². The molecule has 0 amide bonds. The van der Waals surface area contributed by atoms with E-state index in [1.54, 1.807) is 42.7 Å². The second kappa shape index (κ2) is 9.22. The van der Waals surface area contributed by atoms with Gasteiger partial charge in [-0.3, -0.25) is 9.36 Å². The Morgan fingerprint density at radius 3 is 2.88 bits per heavy atom. The third-order valence-corrected chi connectivity index (χ3v) is 4.26. The molecule has 1 aromatic heterocycles. The molecule has 8 heteroatoms. The van der Waals surface area contributed by atoms with E-state index < -0.39 is 11.1 Å². The average Bonchev–Trinajstić information content (AvgIpc) is 2.96. The minimum absolute atomic E-state index is 0.0517. The third kappa shape index (κ3) is 5.06. The maximum Gasteiger partial charge on any atom is 0.319 e. The van der Waals surface area contributed by atoms with Gasteiger partial charge in [-0.2, -0.15) is 0 Å². The van der Waals surface area contributed by atoms with Gasteiger partial charge in [0.05, 0.1) is 6.61 Å². The zero-order valence-corrected chi connectivity index (χ0v) is 15.0. The van der Waals surface area contributed by atoms with Gasteiger partial charge in [0.25, 0.3) is 0 Å². The fourth-order valence-corrected chi connectivity index (χ4v) is 2.87. The van der Waals surface area contributed by atoms with E-state index in [0.29, 0.717) is 24.1 Å². The Morgan fingerprint density at radius 2 is 2.20 bits per heavy atom. The largest absolute Gasteiger partial charge is 0.483 e. The van der Waals surface area contributed by atoms with E-state index >= 15 is 0 Å². The molecule has 0 aliphatic rings. The number of benzene rings is 1. The predicted molar refractivity (Wildman–Crippen MR) is 92.9 cm³/mol. The van der Waals surface area contributed by atoms with E-state index in [0.717, 1.165) is 0 Å². The number of carbonyl (C=O) groups excluding carboxylic acids is 1. The number of para-hydroxylation sites is 1. The number of ether oxygens (including phenoxy) is 2. The molecule has 0 saturated carbocycles. The first-order valence-corrected chi connectivity index (χ1v) is 8.68. The summed E-state index contributed by atoms with van der Waals surface area (Å²) in [5.74, 6) is -0.0981. The fraction of sp³-hybridized carbons (Fsp3) is 0.353. The fourth-order valence-electron chi connectivity index (χ4n) is 2.00. The first-order valence-electron chi connectivity index (χ1n) is 7.80. The molecule has 1 atom stereocenters. The van der Waals surface area contributed by atoms with Crippen LogP contribution in [0.3, 0.4) is 0 Å². The van der Waals surface area contributed by atoms with Crippen LogP contribution in [0.25, 0.3) is 0 Å². The number of aromatic nitrogens is 3. The predicted octanol–water partition coefficient (Wildman–Crippen LogP) is 3.23. The number of esters is 1. The Balaban J connectivity index is 2.11. The smallest absolute Gasteiger partial charge is 0.319 e. The van der Waals surface area contributed by atoms with Gasteiger partial charge in [0.1, 0.15) is 11.9 Å². The minimum atomic E-state index is -0.442. The number of hydrogen-bond donors (Lipinski definition) is 0. The standard InChI is InChI=1S/C17H20FN3O3S/c1-4-10-21-15(11-24-14-9-7-6-8-13(14)18)19-20-17(21)25-12(3)16(22)23-5-2/h4,6-9,12H,1,5,10-11H2,2-3H3. The lowest BCUT2D eigenvalue weighted by molar-refractivity contribution is -0.142. The highest BCUT2D eigenvalue weighted by molar-refractivity contribution is 8.00. The molecule has 0 saturated heterocycles. The van der Waals surface area contributed by atoms with E-state index in [2.05, 4.69) is 16.8 Å². The van der Waals surface area contributed by atoms with Crippen molar-refractivity contribution in [2.75, 3.05) is 6.61 Å². The molecule has 0 spiro atoms. The molecule has 0 N–H and O–H groups in total. The van der Waals surface area contributed by atoms with Crippen LogP contribution in [0.5, 0.6) is 5.75 Å². The van der Waals surface area contributed by atoms with E-state index in [4.69, 9.17) is 9.47 Å². The quantitative estimate of drug-likeness (QED) is 0.386. The Hall–Kier alpha value is -2.35. The molecule has 6 nitrogen and oxygen atoms in total. The first kappa shape index (κ1) is 19.0. The summed E-state index contributed by atoms with van der Waals surface area (Å²) in [7, 11) is 0. The van der Waals surface area contributed by atoms with Crippen molar-refractivity contribution in [3.8, 4) is 5.75 Å². The highest BCUT2D eigenvalue weighted by Gasteiger charge is 2.21. The van der Waals surface area contributed by atoms with Crippen molar-refractivity contribution >= 4 is 17.7 Å². The van der Waals surface area contributed by atoms with Crippen molar-refractivity contribution in [1.29, 1.82) is 0 Å². The zero-order chi connectivity index (χ0) is 18.2. The number of hydrogen-bond acceptors (Lipinski definition) is 6. The van der Waals surface area contributed by atoms with Crippen LogP contribution in [0, 0.1) is 5.82 Å². The molecule has 1 heterocycles. The van der Waals surface area contributed by atoms with Crippen LogP contribution in [0.4, 0.5) is 4.39 Å². The van der Waals surface area contributed by atoms with Gasteiger partial charge < -0.3 is 9.47 Å². The SMILES string of the molecule is C=CCn1c(COc2ccccc2F)nnc1SC(C)C(=O)OCC. The number of halogens is 1. The van der Waals surface area contributed by atoms with Gasteiger partial charge in [-0.1, -0.05) is 30.0 Å². The van der Waals surface area contributed by atoms with Crippen molar-refractivity contribution in [1.82, 2.24) is 14.8 Å². The zero-order valence-electron chi connectivity index (χ0n) is 14.1. The van der Waals surface area contributed by atoms with Crippen LogP contribution < -0.4 is 4.74 Å². The van der Waals surface area contributed by atoms with Crippen LogP contribution in [0.2, 0.25) is 0 Å². The Labute approximate surface area is 150 Å².